The lowest BCUT2D eigenvalue weighted by Gasteiger charge is -2.27. The first kappa shape index (κ1) is 38.0. The van der Waals surface area contributed by atoms with Gasteiger partial charge in [0.1, 0.15) is 18.2 Å². The summed E-state index contributed by atoms with van der Waals surface area (Å²) in [7, 11) is 0. The SMILES string of the molecule is Cc1cc(C)c(NCn2c3ccccc3c3ccc(Oc4cccc(N5CN(c6c(-c7ccccc7)cccc6-c6ccccc6)c6ccccc65)c4)cc32)c(C(C)(C)C)c1. The van der Waals surface area contributed by atoms with Gasteiger partial charge in [0.25, 0.3) is 0 Å². The molecule has 0 amide bonds. The maximum absolute atomic E-state index is 6.78. The van der Waals surface area contributed by atoms with E-state index in [0.29, 0.717) is 13.3 Å². The smallest absolute Gasteiger partial charge is 0.129 e. The minimum atomic E-state index is 0.00265. The number of benzene rings is 8. The predicted octanol–water partition coefficient (Wildman–Crippen LogP) is 15.2. The van der Waals surface area contributed by atoms with Crippen molar-refractivity contribution in [2.45, 2.75) is 46.7 Å². The predicted molar refractivity (Wildman–Crippen MR) is 257 cm³/mol. The van der Waals surface area contributed by atoms with Crippen molar-refractivity contribution < 1.29 is 4.74 Å². The molecule has 0 atom stereocenters. The van der Waals surface area contributed by atoms with Gasteiger partial charge in [0.2, 0.25) is 0 Å². The molecule has 1 N–H and O–H groups in total. The van der Waals surface area contributed by atoms with Crippen LogP contribution >= 0.6 is 0 Å². The zero-order chi connectivity index (χ0) is 41.7. The highest BCUT2D eigenvalue weighted by Gasteiger charge is 2.31. The number of ether oxygens (including phenoxy) is 1. The second kappa shape index (κ2) is 15.4. The zero-order valence-electron chi connectivity index (χ0n) is 35.5. The number of aromatic nitrogens is 1. The number of aryl methyl sites for hydroxylation is 2. The summed E-state index contributed by atoms with van der Waals surface area (Å²) in [6.07, 6.45) is 0. The first-order valence-electron chi connectivity index (χ1n) is 21.2. The molecular formula is C56H50N4O. The third kappa shape index (κ3) is 7.06. The van der Waals surface area contributed by atoms with E-state index in [9.17, 15) is 0 Å². The van der Waals surface area contributed by atoms with Crippen molar-refractivity contribution in [3.63, 3.8) is 0 Å². The Morgan fingerprint density at radius 3 is 1.85 bits per heavy atom. The molecule has 0 bridgehead atoms. The molecule has 300 valence electrons. The van der Waals surface area contributed by atoms with Crippen LogP contribution in [0.3, 0.4) is 0 Å². The molecule has 0 radical (unpaired) electrons. The lowest BCUT2D eigenvalue weighted by molar-refractivity contribution is 0.483. The Hall–Kier alpha value is -7.24. The number of hydrogen-bond acceptors (Lipinski definition) is 4. The fourth-order valence-electron chi connectivity index (χ4n) is 9.23. The molecule has 0 aliphatic carbocycles. The summed E-state index contributed by atoms with van der Waals surface area (Å²) in [6.45, 7) is 12.5. The second-order valence-corrected chi connectivity index (χ2v) is 17.2. The van der Waals surface area contributed by atoms with Gasteiger partial charge in [-0.2, -0.15) is 0 Å². The Labute approximate surface area is 359 Å². The van der Waals surface area contributed by atoms with Crippen LogP contribution in [0.5, 0.6) is 11.5 Å². The number of nitrogens with one attached hydrogen (secondary N) is 1. The monoisotopic (exact) mass is 794 g/mol. The summed E-state index contributed by atoms with van der Waals surface area (Å²) in [5, 5.41) is 6.30. The third-order valence-electron chi connectivity index (χ3n) is 12.0. The van der Waals surface area contributed by atoms with E-state index in [-0.39, 0.29) is 5.41 Å². The van der Waals surface area contributed by atoms with Crippen LogP contribution in [-0.4, -0.2) is 11.2 Å². The average molecular weight is 795 g/mol. The van der Waals surface area contributed by atoms with Crippen molar-refractivity contribution in [1.29, 1.82) is 0 Å². The summed E-state index contributed by atoms with van der Waals surface area (Å²) in [6, 6.07) is 65.1. The standard InChI is InChI=1S/C56H50N4O/c1-38-32-39(2)54(49(33-38)56(3,4)5)57-36-58-50-27-13-12-24-47(50)48-31-30-44(35-53(48)58)61-43-23-16-22-42(34-43)59-37-60(52-29-15-14-28-51(52)59)55-45(40-18-8-6-9-19-40)25-17-26-46(55)41-20-10-7-11-21-41/h6-35,57H,36-37H2,1-5H3. The molecule has 5 nitrogen and oxygen atoms in total. The van der Waals surface area contributed by atoms with E-state index in [4.69, 9.17) is 4.74 Å². The number of para-hydroxylation sites is 4. The second-order valence-electron chi connectivity index (χ2n) is 17.2. The quantitative estimate of drug-likeness (QED) is 0.158. The number of fused-ring (bicyclic) bond motifs is 4. The van der Waals surface area contributed by atoms with Crippen LogP contribution in [0.15, 0.2) is 182 Å². The number of nitrogens with zero attached hydrogens (tertiary/aromatic N) is 3. The Morgan fingerprint density at radius 1 is 0.541 bits per heavy atom. The highest BCUT2D eigenvalue weighted by Crippen LogP contribution is 2.50. The number of rotatable bonds is 9. The largest absolute Gasteiger partial charge is 0.457 e. The molecule has 0 fully saturated rings. The highest BCUT2D eigenvalue weighted by atomic mass is 16.5. The minimum Gasteiger partial charge on any atom is -0.457 e. The fraction of sp³-hybridized carbons (Fsp3) is 0.143. The topological polar surface area (TPSA) is 32.7 Å². The Kier molecular flexibility index (Phi) is 9.60. The molecule has 61 heavy (non-hydrogen) atoms. The molecule has 0 unspecified atom stereocenters. The van der Waals surface area contributed by atoms with E-state index in [2.05, 4.69) is 236 Å². The van der Waals surface area contributed by atoms with Crippen LogP contribution < -0.4 is 19.9 Å². The van der Waals surface area contributed by atoms with Crippen molar-refractivity contribution in [3.8, 4) is 33.8 Å². The van der Waals surface area contributed by atoms with Crippen molar-refractivity contribution >= 4 is 50.2 Å². The van der Waals surface area contributed by atoms with Crippen molar-refractivity contribution in [2.24, 2.45) is 0 Å². The van der Waals surface area contributed by atoms with Crippen LogP contribution in [0.25, 0.3) is 44.1 Å². The maximum atomic E-state index is 6.78. The van der Waals surface area contributed by atoms with Gasteiger partial charge in [-0.05, 0) is 84.0 Å². The molecule has 5 heteroatoms. The molecule has 1 aromatic heterocycles. The van der Waals surface area contributed by atoms with E-state index in [1.54, 1.807) is 0 Å². The summed E-state index contributed by atoms with van der Waals surface area (Å²) < 4.78 is 9.16. The van der Waals surface area contributed by atoms with Crippen LogP contribution in [0.1, 0.15) is 37.5 Å². The van der Waals surface area contributed by atoms with E-state index in [1.807, 2.05) is 0 Å². The van der Waals surface area contributed by atoms with Gasteiger partial charge in [-0.15, -0.1) is 0 Å². The maximum Gasteiger partial charge on any atom is 0.129 e. The Morgan fingerprint density at radius 2 is 1.15 bits per heavy atom. The van der Waals surface area contributed by atoms with E-state index in [0.717, 1.165) is 34.1 Å². The molecular weight excluding hydrogens is 745 g/mol. The van der Waals surface area contributed by atoms with Crippen LogP contribution in [0.4, 0.5) is 28.4 Å². The van der Waals surface area contributed by atoms with Gasteiger partial charge in [-0.1, -0.05) is 154 Å². The number of anilines is 5. The lowest BCUT2D eigenvalue weighted by Crippen LogP contribution is -2.24. The molecule has 1 aliphatic heterocycles. The molecule has 9 aromatic rings. The van der Waals surface area contributed by atoms with Gasteiger partial charge in [0.15, 0.2) is 0 Å². The van der Waals surface area contributed by atoms with Gasteiger partial charge >= 0.3 is 0 Å². The highest BCUT2D eigenvalue weighted by molar-refractivity contribution is 6.08. The molecule has 0 spiro atoms. The van der Waals surface area contributed by atoms with Crippen molar-refractivity contribution in [3.05, 3.63) is 199 Å². The molecule has 0 saturated carbocycles. The Bertz CT molecular complexity index is 2990. The van der Waals surface area contributed by atoms with Gasteiger partial charge in [-0.25, -0.2) is 0 Å². The van der Waals surface area contributed by atoms with E-state index in [1.165, 1.54) is 66.6 Å². The summed E-state index contributed by atoms with van der Waals surface area (Å²) >= 11 is 0. The van der Waals surface area contributed by atoms with Gasteiger partial charge in [0.05, 0.1) is 34.8 Å². The number of hydrogen-bond donors (Lipinski definition) is 1. The van der Waals surface area contributed by atoms with Gasteiger partial charge < -0.3 is 24.4 Å². The average Bonchev–Trinajstić information content (AvgIpc) is 3.81. The molecule has 1 aliphatic rings. The van der Waals surface area contributed by atoms with Gasteiger partial charge in [0, 0.05) is 45.4 Å². The van der Waals surface area contributed by atoms with Crippen LogP contribution in [0.2, 0.25) is 0 Å². The minimum absolute atomic E-state index is 0.00265. The summed E-state index contributed by atoms with van der Waals surface area (Å²) in [5.41, 5.74) is 16.7. The summed E-state index contributed by atoms with van der Waals surface area (Å²) in [5.74, 6) is 1.58. The fourth-order valence-corrected chi connectivity index (χ4v) is 9.23. The molecule has 10 rings (SSSR count). The normalized spacial score (nSPS) is 12.6. The third-order valence-corrected chi connectivity index (χ3v) is 12.0. The summed E-state index contributed by atoms with van der Waals surface area (Å²) in [4.78, 5) is 4.86. The molecule has 8 aromatic carbocycles. The van der Waals surface area contributed by atoms with Gasteiger partial charge in [-0.3, -0.25) is 0 Å². The first-order valence-corrected chi connectivity index (χ1v) is 21.2. The molecule has 2 heterocycles. The van der Waals surface area contributed by atoms with Crippen LogP contribution in [-0.2, 0) is 12.1 Å². The van der Waals surface area contributed by atoms with Crippen molar-refractivity contribution in [1.82, 2.24) is 4.57 Å². The lowest BCUT2D eigenvalue weighted by atomic mass is 9.83. The molecule has 0 saturated heterocycles. The van der Waals surface area contributed by atoms with E-state index >= 15 is 0 Å². The Balaban J connectivity index is 0.995. The first-order chi connectivity index (χ1) is 29.7. The van der Waals surface area contributed by atoms with E-state index < -0.39 is 0 Å². The van der Waals surface area contributed by atoms with Crippen molar-refractivity contribution in [2.75, 3.05) is 21.8 Å². The van der Waals surface area contributed by atoms with Crippen LogP contribution in [0, 0.1) is 13.8 Å². The zero-order valence-corrected chi connectivity index (χ0v) is 35.5.